The second-order valence-electron chi connectivity index (χ2n) is 9.53. The molecule has 0 aliphatic carbocycles. The number of fused-ring (bicyclic) bond motifs is 1. The Bertz CT molecular complexity index is 1440. The summed E-state index contributed by atoms with van der Waals surface area (Å²) in [6, 6.07) is 15.8. The average Bonchev–Trinajstić information content (AvgIpc) is 3.54. The highest BCUT2D eigenvalue weighted by Gasteiger charge is 2.35. The summed E-state index contributed by atoms with van der Waals surface area (Å²) < 4.78 is 9.06. The molecule has 9 heteroatoms. The van der Waals surface area contributed by atoms with Crippen LogP contribution in [-0.2, 0) is 22.4 Å². The molecule has 9 nitrogen and oxygen atoms in total. The quantitative estimate of drug-likeness (QED) is 0.357. The summed E-state index contributed by atoms with van der Waals surface area (Å²) in [4.78, 5) is 26.5. The number of H-pyrrole nitrogens is 1. The highest BCUT2D eigenvalue weighted by Crippen LogP contribution is 2.33. The van der Waals surface area contributed by atoms with E-state index >= 15 is 0 Å². The van der Waals surface area contributed by atoms with Gasteiger partial charge >= 0.3 is 5.97 Å². The van der Waals surface area contributed by atoms with E-state index in [1.165, 1.54) is 0 Å². The number of hydrogen-bond acceptors (Lipinski definition) is 6. The van der Waals surface area contributed by atoms with Crippen molar-refractivity contribution < 1.29 is 9.53 Å². The van der Waals surface area contributed by atoms with Crippen LogP contribution in [0, 0.1) is 0 Å². The van der Waals surface area contributed by atoms with Crippen LogP contribution < -0.4 is 5.56 Å². The first-order valence-electron chi connectivity index (χ1n) is 13.0. The summed E-state index contributed by atoms with van der Waals surface area (Å²) in [6.07, 6.45) is 3.66. The molecule has 2 aromatic carbocycles. The molecule has 2 unspecified atom stereocenters. The molecule has 2 aromatic heterocycles. The van der Waals surface area contributed by atoms with Crippen molar-refractivity contribution in [3.05, 3.63) is 75.7 Å². The van der Waals surface area contributed by atoms with Gasteiger partial charge in [-0.3, -0.25) is 9.48 Å². The van der Waals surface area contributed by atoms with E-state index in [9.17, 15) is 9.59 Å². The highest BCUT2D eigenvalue weighted by molar-refractivity contribution is 5.80. The van der Waals surface area contributed by atoms with E-state index in [0.717, 1.165) is 52.8 Å². The number of aromatic amines is 1. The minimum Gasteiger partial charge on any atom is -0.464 e. The number of carbonyl (C=O) groups excluding carboxylic acids is 1. The van der Waals surface area contributed by atoms with E-state index in [2.05, 4.69) is 63.4 Å². The molecule has 0 bridgehead atoms. The van der Waals surface area contributed by atoms with Gasteiger partial charge in [-0.15, -0.1) is 5.10 Å². The number of hydrogen-bond donors (Lipinski definition) is 1. The Morgan fingerprint density at radius 2 is 1.81 bits per heavy atom. The van der Waals surface area contributed by atoms with Crippen LogP contribution in [0.3, 0.4) is 0 Å². The van der Waals surface area contributed by atoms with Gasteiger partial charge in [0.15, 0.2) is 11.9 Å². The summed E-state index contributed by atoms with van der Waals surface area (Å²) in [5.74, 6) is 0.288. The Hall–Kier alpha value is -4.01. The number of nitrogens with one attached hydrogen (secondary N) is 1. The van der Waals surface area contributed by atoms with Crippen molar-refractivity contribution in [3.63, 3.8) is 0 Å². The molecule has 0 fully saturated rings. The van der Waals surface area contributed by atoms with Crippen molar-refractivity contribution in [2.75, 3.05) is 6.61 Å². The molecule has 1 N–H and O–H groups in total. The number of ether oxygens (including phenoxy) is 1. The molecule has 4 aromatic rings. The van der Waals surface area contributed by atoms with Crippen molar-refractivity contribution in [2.45, 2.75) is 65.0 Å². The largest absolute Gasteiger partial charge is 0.464 e. The Balaban J connectivity index is 1.50. The standard InChI is InChI=1S/C28H32N6O3/c1-4-8-24-23(27(35)34-25(28(36)37-5-2)16-11-18(3)33(24)34)17-19-12-14-20(15-13-19)21-9-6-7-10-22(21)26-29-31-32-30-26/h6-7,9-10,12-15,18,25H,4-5,8,11,16-17H2,1-3H3,(H,29,30,31,32). The average molecular weight is 501 g/mol. The van der Waals surface area contributed by atoms with Crippen LogP contribution in [0.25, 0.3) is 22.5 Å². The molecular weight excluding hydrogens is 468 g/mol. The number of esters is 1. The van der Waals surface area contributed by atoms with Gasteiger partial charge in [0.1, 0.15) is 0 Å². The normalized spacial score (nSPS) is 16.9. The summed E-state index contributed by atoms with van der Waals surface area (Å²) >= 11 is 0. The predicted molar refractivity (Wildman–Crippen MR) is 140 cm³/mol. The van der Waals surface area contributed by atoms with Gasteiger partial charge < -0.3 is 4.74 Å². The van der Waals surface area contributed by atoms with Crippen molar-refractivity contribution in [1.82, 2.24) is 30.0 Å². The second-order valence-corrected chi connectivity index (χ2v) is 9.53. The van der Waals surface area contributed by atoms with Crippen molar-refractivity contribution in [1.29, 1.82) is 0 Å². The molecule has 0 amide bonds. The lowest BCUT2D eigenvalue weighted by molar-refractivity contribution is -0.149. The van der Waals surface area contributed by atoms with Crippen LogP contribution in [0.5, 0.6) is 0 Å². The molecule has 1 aliphatic rings. The van der Waals surface area contributed by atoms with Crippen molar-refractivity contribution in [3.8, 4) is 22.5 Å². The summed E-state index contributed by atoms with van der Waals surface area (Å²) in [5.41, 5.74) is 5.73. The third-order valence-corrected chi connectivity index (χ3v) is 7.11. The molecule has 0 saturated heterocycles. The lowest BCUT2D eigenvalue weighted by Crippen LogP contribution is -2.39. The van der Waals surface area contributed by atoms with Gasteiger partial charge in [0.25, 0.3) is 5.56 Å². The number of aromatic nitrogens is 6. The van der Waals surface area contributed by atoms with Crippen molar-refractivity contribution >= 4 is 5.97 Å². The van der Waals surface area contributed by atoms with E-state index < -0.39 is 6.04 Å². The SMILES string of the molecule is CCCc1c(Cc2ccc(-c3ccccc3-c3nnn[nH]3)cc2)c(=O)n2n1C(C)CCC2C(=O)OCC. The zero-order chi connectivity index (χ0) is 25.9. The molecule has 3 heterocycles. The van der Waals surface area contributed by atoms with Gasteiger partial charge in [-0.25, -0.2) is 14.6 Å². The van der Waals surface area contributed by atoms with Gasteiger partial charge in [-0.05, 0) is 60.2 Å². The van der Waals surface area contributed by atoms with Gasteiger partial charge in [-0.1, -0.05) is 61.9 Å². The van der Waals surface area contributed by atoms with E-state index in [-0.39, 0.29) is 17.6 Å². The number of nitrogens with zero attached hydrogens (tertiary/aromatic N) is 5. The molecule has 5 rings (SSSR count). The highest BCUT2D eigenvalue weighted by atomic mass is 16.5. The monoisotopic (exact) mass is 500 g/mol. The molecule has 37 heavy (non-hydrogen) atoms. The van der Waals surface area contributed by atoms with E-state index in [1.807, 2.05) is 24.3 Å². The number of benzene rings is 2. The zero-order valence-corrected chi connectivity index (χ0v) is 21.5. The van der Waals surface area contributed by atoms with Gasteiger partial charge in [0.2, 0.25) is 0 Å². The van der Waals surface area contributed by atoms with Gasteiger partial charge in [0.05, 0.1) is 6.61 Å². The van der Waals surface area contributed by atoms with Crippen LogP contribution in [-0.4, -0.2) is 42.6 Å². The molecule has 0 saturated carbocycles. The van der Waals surface area contributed by atoms with E-state index in [1.54, 1.807) is 11.6 Å². The van der Waals surface area contributed by atoms with Crippen LogP contribution in [0.2, 0.25) is 0 Å². The topological polar surface area (TPSA) is 108 Å². The fourth-order valence-electron chi connectivity index (χ4n) is 5.40. The van der Waals surface area contributed by atoms with Crippen LogP contribution in [0.4, 0.5) is 0 Å². The second kappa shape index (κ2) is 10.5. The van der Waals surface area contributed by atoms with Crippen LogP contribution in [0.1, 0.15) is 68.9 Å². The third kappa shape index (κ3) is 4.61. The first kappa shape index (κ1) is 24.7. The maximum atomic E-state index is 13.8. The van der Waals surface area contributed by atoms with Crippen molar-refractivity contribution in [2.24, 2.45) is 0 Å². The molecule has 2 atom stereocenters. The molecule has 1 aliphatic heterocycles. The number of rotatable bonds is 8. The summed E-state index contributed by atoms with van der Waals surface area (Å²) in [7, 11) is 0. The van der Waals surface area contributed by atoms with E-state index in [0.29, 0.717) is 25.3 Å². The fourth-order valence-corrected chi connectivity index (χ4v) is 5.40. The molecule has 0 spiro atoms. The Labute approximate surface area is 215 Å². The molecule has 192 valence electrons. The fraction of sp³-hybridized carbons (Fsp3) is 0.393. The smallest absolute Gasteiger partial charge is 0.330 e. The number of carbonyl (C=O) groups is 1. The minimum absolute atomic E-state index is 0.0831. The molecular formula is C28H32N6O3. The summed E-state index contributed by atoms with van der Waals surface area (Å²) in [6.45, 7) is 6.34. The summed E-state index contributed by atoms with van der Waals surface area (Å²) in [5, 5.41) is 14.3. The third-order valence-electron chi connectivity index (χ3n) is 7.11. The Morgan fingerprint density at radius 3 is 2.49 bits per heavy atom. The zero-order valence-electron chi connectivity index (χ0n) is 21.5. The Morgan fingerprint density at radius 1 is 1.05 bits per heavy atom. The maximum absolute atomic E-state index is 13.8. The molecule has 0 radical (unpaired) electrons. The first-order valence-corrected chi connectivity index (χ1v) is 13.0. The predicted octanol–water partition coefficient (Wildman–Crippen LogP) is 4.50. The minimum atomic E-state index is -0.572. The van der Waals surface area contributed by atoms with Crippen LogP contribution in [0.15, 0.2) is 53.3 Å². The number of tetrazole rings is 1. The van der Waals surface area contributed by atoms with Gasteiger partial charge in [-0.2, -0.15) is 0 Å². The lowest BCUT2D eigenvalue weighted by atomic mass is 9.96. The maximum Gasteiger partial charge on any atom is 0.330 e. The first-order chi connectivity index (χ1) is 18.0. The van der Waals surface area contributed by atoms with E-state index in [4.69, 9.17) is 4.74 Å². The van der Waals surface area contributed by atoms with Gasteiger partial charge in [0, 0.05) is 29.3 Å². The van der Waals surface area contributed by atoms with Crippen LogP contribution >= 0.6 is 0 Å². The Kier molecular flexibility index (Phi) is 7.03. The lowest BCUT2D eigenvalue weighted by Gasteiger charge is -2.31.